The molecular weight excluding hydrogens is 364 g/mol. The maximum absolute atomic E-state index is 12.8. The van der Waals surface area contributed by atoms with Gasteiger partial charge in [-0.3, -0.25) is 9.48 Å². The first-order valence-corrected chi connectivity index (χ1v) is 9.44. The van der Waals surface area contributed by atoms with Crippen LogP contribution in [-0.2, 0) is 6.42 Å². The number of nitrogens with one attached hydrogen (secondary N) is 2. The number of aromatic nitrogens is 4. The van der Waals surface area contributed by atoms with Crippen LogP contribution < -0.4 is 10.6 Å². The van der Waals surface area contributed by atoms with Gasteiger partial charge in [0, 0.05) is 18.8 Å². The predicted octanol–water partition coefficient (Wildman–Crippen LogP) is 3.07. The minimum Gasteiger partial charge on any atom is -0.315 e. The lowest BCUT2D eigenvalue weighted by atomic mass is 10.2. The second kappa shape index (κ2) is 7.54. The van der Waals surface area contributed by atoms with E-state index in [1.54, 1.807) is 10.9 Å². The van der Waals surface area contributed by atoms with Gasteiger partial charge in [0.05, 0.1) is 34.2 Å². The van der Waals surface area contributed by atoms with E-state index >= 15 is 0 Å². The molecule has 27 heavy (non-hydrogen) atoms. The summed E-state index contributed by atoms with van der Waals surface area (Å²) in [6, 6.07) is 9.61. The lowest BCUT2D eigenvalue weighted by molar-refractivity contribution is 0.102. The quantitative estimate of drug-likeness (QED) is 0.708. The normalized spacial score (nSPS) is 16.6. The molecule has 1 unspecified atom stereocenters. The fourth-order valence-corrected chi connectivity index (χ4v) is 3.61. The lowest BCUT2D eigenvalue weighted by Gasteiger charge is -2.10. The van der Waals surface area contributed by atoms with Gasteiger partial charge in [-0.05, 0) is 31.5 Å². The van der Waals surface area contributed by atoms with Crippen LogP contribution in [0.2, 0.25) is 5.02 Å². The van der Waals surface area contributed by atoms with E-state index in [1.165, 1.54) is 0 Å². The predicted molar refractivity (Wildman–Crippen MR) is 105 cm³/mol. The molecule has 8 heteroatoms. The van der Waals surface area contributed by atoms with Crippen LogP contribution in [0.5, 0.6) is 0 Å². The molecule has 3 aromatic rings. The summed E-state index contributed by atoms with van der Waals surface area (Å²) in [4.78, 5) is 12.8. The third-order valence-corrected chi connectivity index (χ3v) is 5.11. The standard InChI is InChI=1S/C19H21ClN6O/c1-2-16-14(12-22-26(16)17-6-4-3-5-15(17)20)19(27)23-18-8-10-25(24-18)13-7-9-21-11-13/h3-6,8,10,12-13,21H,2,7,9,11H2,1H3,(H,23,24,27). The Labute approximate surface area is 162 Å². The van der Waals surface area contributed by atoms with Crippen LogP contribution in [0.1, 0.15) is 35.4 Å². The number of amides is 1. The zero-order valence-electron chi connectivity index (χ0n) is 15.0. The maximum atomic E-state index is 12.8. The summed E-state index contributed by atoms with van der Waals surface area (Å²) in [5, 5.41) is 15.7. The van der Waals surface area contributed by atoms with Crippen molar-refractivity contribution in [1.82, 2.24) is 24.9 Å². The van der Waals surface area contributed by atoms with Crippen LogP contribution in [0.4, 0.5) is 5.82 Å². The van der Waals surface area contributed by atoms with E-state index in [-0.39, 0.29) is 5.91 Å². The van der Waals surface area contributed by atoms with Crippen molar-refractivity contribution in [1.29, 1.82) is 0 Å². The fraction of sp³-hybridized carbons (Fsp3) is 0.316. The molecule has 0 radical (unpaired) electrons. The number of halogens is 1. The Morgan fingerprint density at radius 3 is 2.96 bits per heavy atom. The molecule has 1 aliphatic rings. The number of benzene rings is 1. The first-order chi connectivity index (χ1) is 13.2. The Bertz CT molecular complexity index is 957. The molecule has 0 spiro atoms. The van der Waals surface area contributed by atoms with E-state index in [1.807, 2.05) is 48.1 Å². The molecule has 140 valence electrons. The molecule has 0 aliphatic carbocycles. The number of hydrogen-bond donors (Lipinski definition) is 2. The topological polar surface area (TPSA) is 76.8 Å². The number of anilines is 1. The van der Waals surface area contributed by atoms with Crippen molar-refractivity contribution in [2.75, 3.05) is 18.4 Å². The van der Waals surface area contributed by atoms with E-state index in [9.17, 15) is 4.79 Å². The molecule has 0 saturated carbocycles. The first kappa shape index (κ1) is 17.8. The lowest BCUT2D eigenvalue weighted by Crippen LogP contribution is -2.16. The molecule has 1 saturated heterocycles. The van der Waals surface area contributed by atoms with Crippen LogP contribution in [0, 0.1) is 0 Å². The average molecular weight is 385 g/mol. The summed E-state index contributed by atoms with van der Waals surface area (Å²) >= 11 is 6.29. The van der Waals surface area contributed by atoms with Gasteiger partial charge in [0.1, 0.15) is 0 Å². The molecule has 4 rings (SSSR count). The molecular formula is C19H21ClN6O. The second-order valence-electron chi connectivity index (χ2n) is 6.50. The van der Waals surface area contributed by atoms with Gasteiger partial charge >= 0.3 is 0 Å². The highest BCUT2D eigenvalue weighted by atomic mass is 35.5. The Morgan fingerprint density at radius 1 is 1.37 bits per heavy atom. The van der Waals surface area contributed by atoms with Gasteiger partial charge in [-0.15, -0.1) is 0 Å². The molecule has 1 amide bonds. The van der Waals surface area contributed by atoms with Crippen molar-refractivity contribution in [3.05, 3.63) is 59.0 Å². The van der Waals surface area contributed by atoms with Gasteiger partial charge in [-0.2, -0.15) is 10.2 Å². The second-order valence-corrected chi connectivity index (χ2v) is 6.91. The minimum atomic E-state index is -0.222. The van der Waals surface area contributed by atoms with Gasteiger partial charge in [0.25, 0.3) is 5.91 Å². The summed E-state index contributed by atoms with van der Waals surface area (Å²) in [6.45, 7) is 3.88. The summed E-state index contributed by atoms with van der Waals surface area (Å²) < 4.78 is 3.63. The molecule has 0 bridgehead atoms. The zero-order valence-corrected chi connectivity index (χ0v) is 15.8. The Balaban J connectivity index is 1.56. The molecule has 3 heterocycles. The van der Waals surface area contributed by atoms with Crippen LogP contribution in [0.15, 0.2) is 42.7 Å². The molecule has 2 aromatic heterocycles. The van der Waals surface area contributed by atoms with Gasteiger partial charge in [-0.25, -0.2) is 4.68 Å². The number of para-hydroxylation sites is 1. The summed E-state index contributed by atoms with van der Waals surface area (Å²) in [5.74, 6) is 0.319. The average Bonchev–Trinajstić information content (AvgIpc) is 3.41. The van der Waals surface area contributed by atoms with Crippen LogP contribution in [0.3, 0.4) is 0 Å². The molecule has 1 fully saturated rings. The van der Waals surface area contributed by atoms with Crippen LogP contribution in [0.25, 0.3) is 5.69 Å². The summed E-state index contributed by atoms with van der Waals surface area (Å²) in [5.41, 5.74) is 2.09. The highest BCUT2D eigenvalue weighted by molar-refractivity contribution is 6.32. The molecule has 7 nitrogen and oxygen atoms in total. The Kier molecular flexibility index (Phi) is 4.96. The van der Waals surface area contributed by atoms with Crippen molar-refractivity contribution in [3.63, 3.8) is 0 Å². The summed E-state index contributed by atoms with van der Waals surface area (Å²) in [7, 11) is 0. The number of carbonyl (C=O) groups excluding carboxylic acids is 1. The van der Waals surface area contributed by atoms with E-state index in [0.717, 1.165) is 30.9 Å². The van der Waals surface area contributed by atoms with E-state index < -0.39 is 0 Å². The van der Waals surface area contributed by atoms with Crippen molar-refractivity contribution in [2.24, 2.45) is 0 Å². The highest BCUT2D eigenvalue weighted by Crippen LogP contribution is 2.23. The van der Waals surface area contributed by atoms with Crippen molar-refractivity contribution in [3.8, 4) is 5.69 Å². The van der Waals surface area contributed by atoms with E-state index in [4.69, 9.17) is 11.6 Å². The number of carbonyl (C=O) groups is 1. The Morgan fingerprint density at radius 2 is 2.22 bits per heavy atom. The molecule has 1 aliphatic heterocycles. The third-order valence-electron chi connectivity index (χ3n) is 4.79. The number of rotatable bonds is 5. The van der Waals surface area contributed by atoms with Crippen LogP contribution in [-0.4, -0.2) is 38.6 Å². The van der Waals surface area contributed by atoms with Gasteiger partial charge in [0.15, 0.2) is 5.82 Å². The largest absolute Gasteiger partial charge is 0.315 e. The van der Waals surface area contributed by atoms with E-state index in [0.29, 0.717) is 28.9 Å². The zero-order chi connectivity index (χ0) is 18.8. The molecule has 2 N–H and O–H groups in total. The number of hydrogen-bond acceptors (Lipinski definition) is 4. The SMILES string of the molecule is CCc1c(C(=O)Nc2ccn(C3CCNC3)n2)cnn1-c1ccccc1Cl. The fourth-order valence-electron chi connectivity index (χ4n) is 3.39. The van der Waals surface area contributed by atoms with Gasteiger partial charge < -0.3 is 10.6 Å². The van der Waals surface area contributed by atoms with Crippen molar-refractivity contribution >= 4 is 23.3 Å². The van der Waals surface area contributed by atoms with Gasteiger partial charge in [0.2, 0.25) is 0 Å². The minimum absolute atomic E-state index is 0.222. The van der Waals surface area contributed by atoms with Crippen molar-refractivity contribution < 1.29 is 4.79 Å². The highest BCUT2D eigenvalue weighted by Gasteiger charge is 2.20. The maximum Gasteiger partial charge on any atom is 0.260 e. The number of nitrogens with zero attached hydrogens (tertiary/aromatic N) is 4. The van der Waals surface area contributed by atoms with E-state index in [2.05, 4.69) is 20.8 Å². The monoisotopic (exact) mass is 384 g/mol. The van der Waals surface area contributed by atoms with Crippen LogP contribution >= 0.6 is 11.6 Å². The first-order valence-electron chi connectivity index (χ1n) is 9.06. The van der Waals surface area contributed by atoms with Gasteiger partial charge in [-0.1, -0.05) is 30.7 Å². The van der Waals surface area contributed by atoms with Crippen molar-refractivity contribution in [2.45, 2.75) is 25.8 Å². The Hall–Kier alpha value is -2.64. The molecule has 1 aromatic carbocycles. The molecule has 1 atom stereocenters. The third kappa shape index (κ3) is 3.48. The summed E-state index contributed by atoms with van der Waals surface area (Å²) in [6.07, 6.45) is 5.17. The smallest absolute Gasteiger partial charge is 0.260 e.